The van der Waals surface area contributed by atoms with E-state index in [0.717, 1.165) is 19.6 Å². The summed E-state index contributed by atoms with van der Waals surface area (Å²) in [6.07, 6.45) is 2.89. The van der Waals surface area contributed by atoms with Crippen LogP contribution in [0.2, 0.25) is 0 Å². The van der Waals surface area contributed by atoms with E-state index >= 15 is 0 Å². The lowest BCUT2D eigenvalue weighted by Crippen LogP contribution is -1.84. The van der Waals surface area contributed by atoms with E-state index < -0.39 is 0 Å². The van der Waals surface area contributed by atoms with E-state index in [2.05, 4.69) is 18.7 Å². The molecule has 1 aromatic rings. The minimum absolute atomic E-state index is 0.844. The highest BCUT2D eigenvalue weighted by Gasteiger charge is 1.82. The molecule has 0 aliphatic heterocycles. The van der Waals surface area contributed by atoms with Crippen LogP contribution in [0.5, 0.6) is 0 Å². The van der Waals surface area contributed by atoms with Crippen molar-refractivity contribution < 1.29 is 4.74 Å². The Morgan fingerprint density at radius 3 is 2.07 bits per heavy atom. The molecule has 0 saturated heterocycles. The summed E-state index contributed by atoms with van der Waals surface area (Å²) in [5.41, 5.74) is 1.33. The third-order valence-electron chi connectivity index (χ3n) is 1.63. The number of benzene rings is 1. The molecule has 0 atom stereocenters. The van der Waals surface area contributed by atoms with Gasteiger partial charge in [0.1, 0.15) is 0 Å². The molecule has 0 saturated carbocycles. The van der Waals surface area contributed by atoms with E-state index in [4.69, 9.17) is 4.74 Å². The monoisotopic (exact) mass is 192 g/mol. The van der Waals surface area contributed by atoms with Gasteiger partial charge in [-0.3, -0.25) is 0 Å². The summed E-state index contributed by atoms with van der Waals surface area (Å²) in [6, 6.07) is 10.3. The average Bonchev–Trinajstić information content (AvgIpc) is 2.22. The van der Waals surface area contributed by atoms with E-state index in [0.29, 0.717) is 0 Å². The zero-order valence-corrected chi connectivity index (χ0v) is 9.20. The van der Waals surface area contributed by atoms with Gasteiger partial charge in [0.25, 0.3) is 0 Å². The second-order valence-corrected chi connectivity index (χ2v) is 2.76. The Hall–Kier alpha value is -1.08. The summed E-state index contributed by atoms with van der Waals surface area (Å²) in [6.45, 7) is 9.32. The van der Waals surface area contributed by atoms with Crippen molar-refractivity contribution >= 4 is 0 Å². The molecule has 14 heavy (non-hydrogen) atoms. The summed E-state index contributed by atoms with van der Waals surface area (Å²) in [5.74, 6) is 0. The van der Waals surface area contributed by atoms with Gasteiger partial charge in [0.05, 0.1) is 0 Å². The Labute approximate surface area is 87.4 Å². The molecule has 0 spiro atoms. The first-order chi connectivity index (χ1) is 6.85. The highest BCUT2D eigenvalue weighted by atomic mass is 16.5. The number of allylic oxidation sites excluding steroid dienone is 1. The topological polar surface area (TPSA) is 9.23 Å². The van der Waals surface area contributed by atoms with Gasteiger partial charge < -0.3 is 4.74 Å². The van der Waals surface area contributed by atoms with E-state index in [1.807, 2.05) is 38.1 Å². The standard InChI is InChI=1S/C9H10.C4H10O/c1-2-6-9-7-4-3-5-8-9;1-3-5-4-2/h2-5,7-8H,1,6H2;3-4H2,1-2H3. The molecule has 78 valence electrons. The Morgan fingerprint density at radius 2 is 1.71 bits per heavy atom. The van der Waals surface area contributed by atoms with Gasteiger partial charge >= 0.3 is 0 Å². The first kappa shape index (κ1) is 12.9. The molecule has 1 nitrogen and oxygen atoms in total. The van der Waals surface area contributed by atoms with Crippen molar-refractivity contribution in [3.63, 3.8) is 0 Å². The SMILES string of the molecule is C=CCc1ccccc1.CCOCC. The molecule has 1 rings (SSSR count). The second kappa shape index (κ2) is 10.0. The smallest absolute Gasteiger partial charge is 0.0437 e. The van der Waals surface area contributed by atoms with Crippen molar-refractivity contribution in [3.05, 3.63) is 48.6 Å². The zero-order chi connectivity index (χ0) is 10.6. The Bertz CT molecular complexity index is 214. The predicted molar refractivity (Wildman–Crippen MR) is 62.5 cm³/mol. The average molecular weight is 192 g/mol. The third kappa shape index (κ3) is 7.56. The van der Waals surface area contributed by atoms with Gasteiger partial charge in [0, 0.05) is 13.2 Å². The summed E-state index contributed by atoms with van der Waals surface area (Å²) in [7, 11) is 0. The minimum Gasteiger partial charge on any atom is -0.382 e. The molecular formula is C13H20O. The van der Waals surface area contributed by atoms with Crippen LogP contribution < -0.4 is 0 Å². The highest BCUT2D eigenvalue weighted by Crippen LogP contribution is 1.98. The fourth-order valence-corrected chi connectivity index (χ4v) is 0.985. The molecule has 0 unspecified atom stereocenters. The normalized spacial score (nSPS) is 8.71. The lowest BCUT2D eigenvalue weighted by Gasteiger charge is -1.91. The lowest BCUT2D eigenvalue weighted by molar-refractivity contribution is 0.162. The van der Waals surface area contributed by atoms with Gasteiger partial charge in [-0.1, -0.05) is 36.4 Å². The maximum atomic E-state index is 4.83. The van der Waals surface area contributed by atoms with Crippen LogP contribution in [-0.4, -0.2) is 13.2 Å². The van der Waals surface area contributed by atoms with Crippen molar-refractivity contribution in [2.75, 3.05) is 13.2 Å². The maximum Gasteiger partial charge on any atom is 0.0437 e. The van der Waals surface area contributed by atoms with Crippen LogP contribution in [0.1, 0.15) is 19.4 Å². The zero-order valence-electron chi connectivity index (χ0n) is 9.20. The van der Waals surface area contributed by atoms with Crippen molar-refractivity contribution in [1.29, 1.82) is 0 Å². The largest absolute Gasteiger partial charge is 0.382 e. The van der Waals surface area contributed by atoms with Crippen LogP contribution in [0.15, 0.2) is 43.0 Å². The fraction of sp³-hybridized carbons (Fsp3) is 0.385. The first-order valence-corrected chi connectivity index (χ1v) is 5.07. The predicted octanol–water partition coefficient (Wildman–Crippen LogP) is 3.46. The number of hydrogen-bond acceptors (Lipinski definition) is 1. The highest BCUT2D eigenvalue weighted by molar-refractivity contribution is 5.16. The number of hydrogen-bond donors (Lipinski definition) is 0. The lowest BCUT2D eigenvalue weighted by atomic mass is 10.2. The molecule has 0 fully saturated rings. The van der Waals surface area contributed by atoms with Crippen LogP contribution in [0.3, 0.4) is 0 Å². The van der Waals surface area contributed by atoms with Crippen molar-refractivity contribution in [2.45, 2.75) is 20.3 Å². The van der Waals surface area contributed by atoms with Crippen LogP contribution in [0.25, 0.3) is 0 Å². The molecule has 1 heteroatoms. The first-order valence-electron chi connectivity index (χ1n) is 5.07. The van der Waals surface area contributed by atoms with E-state index in [-0.39, 0.29) is 0 Å². The molecule has 0 bridgehead atoms. The molecule has 1 aromatic carbocycles. The second-order valence-electron chi connectivity index (χ2n) is 2.76. The van der Waals surface area contributed by atoms with Gasteiger partial charge in [-0.2, -0.15) is 0 Å². The van der Waals surface area contributed by atoms with Crippen LogP contribution in [-0.2, 0) is 11.2 Å². The molecule has 0 aromatic heterocycles. The third-order valence-corrected chi connectivity index (χ3v) is 1.63. The summed E-state index contributed by atoms with van der Waals surface area (Å²) in [5, 5.41) is 0. The van der Waals surface area contributed by atoms with E-state index in [1.165, 1.54) is 5.56 Å². The Morgan fingerprint density at radius 1 is 1.14 bits per heavy atom. The van der Waals surface area contributed by atoms with Crippen molar-refractivity contribution in [2.24, 2.45) is 0 Å². The Kier molecular flexibility index (Phi) is 9.23. The van der Waals surface area contributed by atoms with Crippen molar-refractivity contribution in [3.8, 4) is 0 Å². The summed E-state index contributed by atoms with van der Waals surface area (Å²) in [4.78, 5) is 0. The molecular weight excluding hydrogens is 172 g/mol. The fourth-order valence-electron chi connectivity index (χ4n) is 0.985. The van der Waals surface area contributed by atoms with E-state index in [9.17, 15) is 0 Å². The van der Waals surface area contributed by atoms with Gasteiger partial charge in [-0.05, 0) is 25.8 Å². The molecule has 0 N–H and O–H groups in total. The number of ether oxygens (including phenoxy) is 1. The summed E-state index contributed by atoms with van der Waals surface area (Å²) < 4.78 is 4.83. The van der Waals surface area contributed by atoms with Gasteiger partial charge in [0.15, 0.2) is 0 Å². The van der Waals surface area contributed by atoms with Gasteiger partial charge in [-0.15, -0.1) is 6.58 Å². The van der Waals surface area contributed by atoms with Crippen LogP contribution in [0, 0.1) is 0 Å². The summed E-state index contributed by atoms with van der Waals surface area (Å²) >= 11 is 0. The Balaban J connectivity index is 0.000000292. The molecule has 0 amide bonds. The minimum atomic E-state index is 0.844. The molecule has 0 heterocycles. The molecule has 0 radical (unpaired) electrons. The van der Waals surface area contributed by atoms with Crippen LogP contribution >= 0.6 is 0 Å². The van der Waals surface area contributed by atoms with Gasteiger partial charge in [-0.25, -0.2) is 0 Å². The number of rotatable bonds is 4. The van der Waals surface area contributed by atoms with E-state index in [1.54, 1.807) is 0 Å². The maximum absolute atomic E-state index is 4.83. The quantitative estimate of drug-likeness (QED) is 0.664. The molecule has 0 aliphatic carbocycles. The van der Waals surface area contributed by atoms with Gasteiger partial charge in [0.2, 0.25) is 0 Å². The van der Waals surface area contributed by atoms with Crippen LogP contribution in [0.4, 0.5) is 0 Å². The van der Waals surface area contributed by atoms with Crippen molar-refractivity contribution in [1.82, 2.24) is 0 Å². The molecule has 0 aliphatic rings.